The summed E-state index contributed by atoms with van der Waals surface area (Å²) in [6.07, 6.45) is 0.812. The van der Waals surface area contributed by atoms with Crippen LogP contribution in [0.5, 0.6) is 0 Å². The van der Waals surface area contributed by atoms with E-state index < -0.39 is 29.7 Å². The number of rotatable bonds is 5. The number of hydrogen-bond donors (Lipinski definition) is 3. The van der Waals surface area contributed by atoms with Gasteiger partial charge in [0.15, 0.2) is 0 Å². The second-order valence-corrected chi connectivity index (χ2v) is 4.88. The van der Waals surface area contributed by atoms with E-state index in [4.69, 9.17) is 5.11 Å². The molecule has 1 aromatic carbocycles. The molecule has 0 unspecified atom stereocenters. The zero-order valence-electron chi connectivity index (χ0n) is 10.5. The van der Waals surface area contributed by atoms with E-state index >= 15 is 0 Å². The molecule has 1 aromatic rings. The van der Waals surface area contributed by atoms with Crippen LogP contribution in [0.1, 0.15) is 19.8 Å². The average Bonchev–Trinajstić information content (AvgIpc) is 2.35. The summed E-state index contributed by atoms with van der Waals surface area (Å²) in [6.45, 7) is 1.77. The quantitative estimate of drug-likeness (QED) is 0.714. The molecule has 0 saturated carbocycles. The number of aliphatic carboxylic acids is 1. The molecule has 0 radical (unpaired) electrons. The van der Waals surface area contributed by atoms with Crippen LogP contribution >= 0.6 is 15.9 Å². The van der Waals surface area contributed by atoms with E-state index in [1.165, 1.54) is 0 Å². The van der Waals surface area contributed by atoms with Gasteiger partial charge in [-0.3, -0.25) is 0 Å². The van der Waals surface area contributed by atoms with E-state index in [1.807, 2.05) is 0 Å². The zero-order chi connectivity index (χ0) is 15.3. The van der Waals surface area contributed by atoms with E-state index in [-0.39, 0.29) is 16.6 Å². The maximum atomic E-state index is 13.4. The zero-order valence-corrected chi connectivity index (χ0v) is 12.1. The number of carbonyl (C=O) groups is 2. The smallest absolute Gasteiger partial charge is 0.326 e. The summed E-state index contributed by atoms with van der Waals surface area (Å²) < 4.78 is 26.4. The Kier molecular flexibility index (Phi) is 5.87. The van der Waals surface area contributed by atoms with Crippen LogP contribution in [0.15, 0.2) is 16.6 Å². The highest BCUT2D eigenvalue weighted by Crippen LogP contribution is 2.23. The Morgan fingerprint density at radius 1 is 1.35 bits per heavy atom. The van der Waals surface area contributed by atoms with Crippen molar-refractivity contribution in [3.63, 3.8) is 0 Å². The minimum absolute atomic E-state index is 0.0162. The molecule has 8 heteroatoms. The van der Waals surface area contributed by atoms with Gasteiger partial charge in [-0.1, -0.05) is 13.3 Å². The molecule has 1 rings (SSSR count). The summed E-state index contributed by atoms with van der Waals surface area (Å²) in [5.41, 5.74) is -0.253. The highest BCUT2D eigenvalue weighted by atomic mass is 79.9. The second-order valence-electron chi connectivity index (χ2n) is 4.02. The highest BCUT2D eigenvalue weighted by Gasteiger charge is 2.19. The van der Waals surface area contributed by atoms with Gasteiger partial charge in [0.1, 0.15) is 17.7 Å². The van der Waals surface area contributed by atoms with Crippen LogP contribution < -0.4 is 10.6 Å². The monoisotopic (exact) mass is 350 g/mol. The van der Waals surface area contributed by atoms with E-state index in [2.05, 4.69) is 26.6 Å². The summed E-state index contributed by atoms with van der Waals surface area (Å²) in [6, 6.07) is -0.268. The highest BCUT2D eigenvalue weighted by molar-refractivity contribution is 9.10. The van der Waals surface area contributed by atoms with Crippen LogP contribution in [-0.4, -0.2) is 23.1 Å². The van der Waals surface area contributed by atoms with Gasteiger partial charge in [0, 0.05) is 6.07 Å². The fourth-order valence-corrected chi connectivity index (χ4v) is 1.82. The van der Waals surface area contributed by atoms with Gasteiger partial charge < -0.3 is 15.7 Å². The third-order valence-corrected chi connectivity index (χ3v) is 3.05. The summed E-state index contributed by atoms with van der Waals surface area (Å²) in [7, 11) is 0. The van der Waals surface area contributed by atoms with Gasteiger partial charge in [0.05, 0.1) is 10.2 Å². The van der Waals surface area contributed by atoms with Crippen molar-refractivity contribution in [1.82, 2.24) is 5.32 Å². The van der Waals surface area contributed by atoms with Crippen molar-refractivity contribution in [2.75, 3.05) is 5.32 Å². The maximum absolute atomic E-state index is 13.4. The lowest BCUT2D eigenvalue weighted by Gasteiger charge is -2.14. The van der Waals surface area contributed by atoms with Crippen molar-refractivity contribution in [3.8, 4) is 0 Å². The first-order valence-corrected chi connectivity index (χ1v) is 6.59. The standard InChI is InChI=1S/C12H13BrF2N2O3/c1-2-3-9(11(18)19)16-12(20)17-10-4-6(13)7(14)5-8(10)15/h4-5,9H,2-3H2,1H3,(H,18,19)(H2,16,17,20)/t9-/m1/s1. The molecular weight excluding hydrogens is 338 g/mol. The Morgan fingerprint density at radius 2 is 2.00 bits per heavy atom. The molecular formula is C12H13BrF2N2O3. The molecule has 0 bridgehead atoms. The van der Waals surface area contributed by atoms with Crippen LogP contribution in [0.4, 0.5) is 19.3 Å². The van der Waals surface area contributed by atoms with Crippen LogP contribution in [0.3, 0.4) is 0 Å². The van der Waals surface area contributed by atoms with E-state index in [0.717, 1.165) is 6.07 Å². The number of carboxylic acids is 1. The lowest BCUT2D eigenvalue weighted by Crippen LogP contribution is -2.43. The van der Waals surface area contributed by atoms with Crippen molar-refractivity contribution < 1.29 is 23.5 Å². The predicted molar refractivity (Wildman–Crippen MR) is 72.5 cm³/mol. The molecule has 0 aromatic heterocycles. The molecule has 110 valence electrons. The number of carboxylic acid groups (broad SMARTS) is 1. The van der Waals surface area contributed by atoms with Crippen LogP contribution in [0, 0.1) is 11.6 Å². The number of anilines is 1. The van der Waals surface area contributed by atoms with Crippen LogP contribution in [0.2, 0.25) is 0 Å². The Labute approximate surface area is 122 Å². The molecule has 0 aliphatic heterocycles. The predicted octanol–water partition coefficient (Wildman–Crippen LogP) is 3.10. The summed E-state index contributed by atoms with van der Waals surface area (Å²) >= 11 is 2.86. The first-order chi connectivity index (χ1) is 9.35. The number of halogens is 3. The third kappa shape index (κ3) is 4.44. The molecule has 0 saturated heterocycles. The molecule has 0 spiro atoms. The van der Waals surface area contributed by atoms with Crippen molar-refractivity contribution in [2.45, 2.75) is 25.8 Å². The number of amides is 2. The minimum atomic E-state index is -1.18. The number of benzene rings is 1. The SMILES string of the molecule is CCC[C@@H](NC(=O)Nc1cc(Br)c(F)cc1F)C(=O)O. The topological polar surface area (TPSA) is 78.4 Å². The summed E-state index contributed by atoms with van der Waals surface area (Å²) in [5, 5.41) is 13.2. The van der Waals surface area contributed by atoms with Crippen LogP contribution in [-0.2, 0) is 4.79 Å². The van der Waals surface area contributed by atoms with Crippen molar-refractivity contribution >= 4 is 33.6 Å². The molecule has 20 heavy (non-hydrogen) atoms. The molecule has 1 atom stereocenters. The Morgan fingerprint density at radius 3 is 2.55 bits per heavy atom. The average molecular weight is 351 g/mol. The maximum Gasteiger partial charge on any atom is 0.326 e. The fourth-order valence-electron chi connectivity index (χ4n) is 1.48. The van der Waals surface area contributed by atoms with Gasteiger partial charge in [-0.05, 0) is 28.4 Å². The molecule has 0 aliphatic carbocycles. The number of carbonyl (C=O) groups excluding carboxylic acids is 1. The summed E-state index contributed by atoms with van der Waals surface area (Å²) in [4.78, 5) is 22.5. The minimum Gasteiger partial charge on any atom is -0.480 e. The second kappa shape index (κ2) is 7.18. The summed E-state index contributed by atoms with van der Waals surface area (Å²) in [5.74, 6) is -2.94. The molecule has 0 fully saturated rings. The number of nitrogens with one attached hydrogen (secondary N) is 2. The van der Waals surface area contributed by atoms with E-state index in [0.29, 0.717) is 12.5 Å². The fraction of sp³-hybridized carbons (Fsp3) is 0.333. The number of hydrogen-bond acceptors (Lipinski definition) is 2. The van der Waals surface area contributed by atoms with Gasteiger partial charge >= 0.3 is 12.0 Å². The van der Waals surface area contributed by atoms with Crippen LogP contribution in [0.25, 0.3) is 0 Å². The van der Waals surface area contributed by atoms with Gasteiger partial charge in [0.2, 0.25) is 0 Å². The number of urea groups is 1. The largest absolute Gasteiger partial charge is 0.480 e. The van der Waals surface area contributed by atoms with Crippen molar-refractivity contribution in [2.24, 2.45) is 0 Å². The molecule has 0 heterocycles. The van der Waals surface area contributed by atoms with Crippen molar-refractivity contribution in [3.05, 3.63) is 28.2 Å². The lowest BCUT2D eigenvalue weighted by molar-refractivity contribution is -0.139. The lowest BCUT2D eigenvalue weighted by atomic mass is 10.2. The first kappa shape index (κ1) is 16.4. The van der Waals surface area contributed by atoms with Crippen molar-refractivity contribution in [1.29, 1.82) is 0 Å². The van der Waals surface area contributed by atoms with Gasteiger partial charge in [-0.2, -0.15) is 0 Å². The Balaban J connectivity index is 2.75. The van der Waals surface area contributed by atoms with E-state index in [1.54, 1.807) is 6.92 Å². The Bertz CT molecular complexity index is 526. The molecule has 5 nitrogen and oxygen atoms in total. The normalized spacial score (nSPS) is 11.8. The first-order valence-electron chi connectivity index (χ1n) is 5.80. The van der Waals surface area contributed by atoms with Gasteiger partial charge in [-0.15, -0.1) is 0 Å². The molecule has 2 amide bonds. The van der Waals surface area contributed by atoms with E-state index in [9.17, 15) is 18.4 Å². The van der Waals surface area contributed by atoms with Gasteiger partial charge in [-0.25, -0.2) is 18.4 Å². The third-order valence-electron chi connectivity index (χ3n) is 2.44. The molecule has 0 aliphatic rings. The molecule has 3 N–H and O–H groups in total. The van der Waals surface area contributed by atoms with Gasteiger partial charge in [0.25, 0.3) is 0 Å². The Hall–Kier alpha value is -1.70.